The summed E-state index contributed by atoms with van der Waals surface area (Å²) in [6.07, 6.45) is 1.27. The molecule has 8 heteroatoms. The molecule has 3 N–H and O–H groups in total. The largest absolute Gasteiger partial charge is 0.481 e. The van der Waals surface area contributed by atoms with Gasteiger partial charge in [0.05, 0.1) is 6.42 Å². The highest BCUT2D eigenvalue weighted by atomic mass is 16.7. The molecule has 1 aromatic carbocycles. The van der Waals surface area contributed by atoms with Gasteiger partial charge < -0.3 is 25.2 Å². The summed E-state index contributed by atoms with van der Waals surface area (Å²) in [5, 5.41) is 13.4. The first-order valence-electron chi connectivity index (χ1n) is 6.84. The zero-order valence-corrected chi connectivity index (χ0v) is 12.4. The van der Waals surface area contributed by atoms with Crippen molar-refractivity contribution in [1.29, 1.82) is 0 Å². The van der Waals surface area contributed by atoms with Crippen LogP contribution in [0.15, 0.2) is 23.9 Å². The summed E-state index contributed by atoms with van der Waals surface area (Å²) in [6.45, 7) is 1.38. The summed E-state index contributed by atoms with van der Waals surface area (Å²) < 4.78 is 10.4. The molecule has 2 amide bonds. The van der Waals surface area contributed by atoms with Gasteiger partial charge in [0.25, 0.3) is 5.91 Å². The third-order valence-electron chi connectivity index (χ3n) is 2.89. The van der Waals surface area contributed by atoms with E-state index in [1.807, 2.05) is 0 Å². The molecule has 122 valence electrons. The first-order valence-corrected chi connectivity index (χ1v) is 6.84. The molecule has 2 rings (SSSR count). The van der Waals surface area contributed by atoms with Crippen molar-refractivity contribution in [2.75, 3.05) is 13.3 Å². The average Bonchev–Trinajstić information content (AvgIpc) is 2.93. The quantitative estimate of drug-likeness (QED) is 0.657. The molecule has 0 unspecified atom stereocenters. The molecule has 0 bridgehead atoms. The number of carbonyl (C=O) groups is 3. The van der Waals surface area contributed by atoms with Crippen LogP contribution in [-0.4, -0.2) is 36.2 Å². The molecule has 0 aromatic heterocycles. The van der Waals surface area contributed by atoms with Crippen molar-refractivity contribution in [3.8, 4) is 11.5 Å². The Balaban J connectivity index is 2.14. The summed E-state index contributed by atoms with van der Waals surface area (Å²) in [5.74, 6) is -0.850. The maximum absolute atomic E-state index is 12.1. The number of carboxylic acids is 1. The minimum atomic E-state index is -1.02. The van der Waals surface area contributed by atoms with E-state index < -0.39 is 17.8 Å². The van der Waals surface area contributed by atoms with Crippen molar-refractivity contribution in [1.82, 2.24) is 10.6 Å². The maximum atomic E-state index is 12.1. The van der Waals surface area contributed by atoms with E-state index in [1.165, 1.54) is 13.0 Å². The lowest BCUT2D eigenvalue weighted by atomic mass is 10.1. The molecule has 8 nitrogen and oxygen atoms in total. The van der Waals surface area contributed by atoms with E-state index in [2.05, 4.69) is 10.6 Å². The highest BCUT2D eigenvalue weighted by Crippen LogP contribution is 2.32. The van der Waals surface area contributed by atoms with Crippen LogP contribution in [0.25, 0.3) is 6.08 Å². The van der Waals surface area contributed by atoms with E-state index in [1.54, 1.807) is 18.2 Å². The molecular formula is C15H16N2O6. The Morgan fingerprint density at radius 1 is 1.26 bits per heavy atom. The van der Waals surface area contributed by atoms with E-state index in [0.29, 0.717) is 17.1 Å². The number of ether oxygens (including phenoxy) is 2. The van der Waals surface area contributed by atoms with Crippen molar-refractivity contribution in [3.63, 3.8) is 0 Å². The van der Waals surface area contributed by atoms with Gasteiger partial charge in [0, 0.05) is 13.5 Å². The second-order valence-electron chi connectivity index (χ2n) is 4.75. The van der Waals surface area contributed by atoms with Gasteiger partial charge in [-0.25, -0.2) is 0 Å². The standard InChI is InChI=1S/C15H16N2O6/c1-9(18)17-11(15(21)16-5-4-14(19)20)6-10-2-3-12-13(7-10)23-8-22-12/h2-3,6-7H,4-5,8H2,1H3,(H,16,21)(H,17,18)(H,19,20)/b11-6+. The Morgan fingerprint density at radius 3 is 2.70 bits per heavy atom. The topological polar surface area (TPSA) is 114 Å². The zero-order chi connectivity index (χ0) is 16.8. The predicted molar refractivity (Wildman–Crippen MR) is 79.6 cm³/mol. The minimum absolute atomic E-state index is 0.0155. The Labute approximate surface area is 132 Å². The Bertz CT molecular complexity index is 668. The van der Waals surface area contributed by atoms with Crippen molar-refractivity contribution in [2.24, 2.45) is 0 Å². The van der Waals surface area contributed by atoms with Crippen molar-refractivity contribution in [3.05, 3.63) is 29.5 Å². The first-order chi connectivity index (χ1) is 11.0. The fourth-order valence-electron chi connectivity index (χ4n) is 1.90. The predicted octanol–water partition coefficient (Wildman–Crippen LogP) is 0.483. The van der Waals surface area contributed by atoms with Gasteiger partial charge in [-0.3, -0.25) is 14.4 Å². The Hall–Kier alpha value is -3.03. The number of carboxylic acid groups (broad SMARTS) is 1. The van der Waals surface area contributed by atoms with Crippen LogP contribution < -0.4 is 20.1 Å². The Morgan fingerprint density at radius 2 is 2.00 bits per heavy atom. The first kappa shape index (κ1) is 16.3. The monoisotopic (exact) mass is 320 g/mol. The Kier molecular flexibility index (Phi) is 5.19. The van der Waals surface area contributed by atoms with Gasteiger partial charge in [0.15, 0.2) is 11.5 Å². The molecule has 0 spiro atoms. The van der Waals surface area contributed by atoms with Gasteiger partial charge in [-0.1, -0.05) is 6.07 Å². The molecule has 0 aliphatic carbocycles. The van der Waals surface area contributed by atoms with Gasteiger partial charge in [0.2, 0.25) is 12.7 Å². The summed E-state index contributed by atoms with van der Waals surface area (Å²) >= 11 is 0. The average molecular weight is 320 g/mol. The summed E-state index contributed by atoms with van der Waals surface area (Å²) in [5.41, 5.74) is 0.646. The van der Waals surface area contributed by atoms with Crippen molar-refractivity contribution < 1.29 is 29.0 Å². The van der Waals surface area contributed by atoms with E-state index in [-0.39, 0.29) is 25.5 Å². The molecule has 0 fully saturated rings. The van der Waals surface area contributed by atoms with Gasteiger partial charge in [0.1, 0.15) is 5.70 Å². The number of carbonyl (C=O) groups excluding carboxylic acids is 2. The molecule has 1 aliphatic heterocycles. The molecule has 1 aliphatic rings. The van der Waals surface area contributed by atoms with Crippen LogP contribution >= 0.6 is 0 Å². The molecule has 1 heterocycles. The van der Waals surface area contributed by atoms with Gasteiger partial charge in [-0.2, -0.15) is 0 Å². The molecule has 1 aromatic rings. The second kappa shape index (κ2) is 7.30. The molecular weight excluding hydrogens is 304 g/mol. The van der Waals surface area contributed by atoms with E-state index in [9.17, 15) is 14.4 Å². The third-order valence-corrected chi connectivity index (χ3v) is 2.89. The number of nitrogens with one attached hydrogen (secondary N) is 2. The molecule has 0 atom stereocenters. The fourth-order valence-corrected chi connectivity index (χ4v) is 1.90. The van der Waals surface area contributed by atoms with Gasteiger partial charge in [-0.05, 0) is 23.8 Å². The number of fused-ring (bicyclic) bond motifs is 1. The number of rotatable bonds is 6. The summed E-state index contributed by atoms with van der Waals surface area (Å²) in [6, 6.07) is 5.08. The number of benzene rings is 1. The number of amides is 2. The van der Waals surface area contributed by atoms with Crippen LogP contribution in [0.1, 0.15) is 18.9 Å². The minimum Gasteiger partial charge on any atom is -0.481 e. The van der Waals surface area contributed by atoms with Crippen LogP contribution in [0, 0.1) is 0 Å². The van der Waals surface area contributed by atoms with E-state index in [0.717, 1.165) is 0 Å². The zero-order valence-electron chi connectivity index (χ0n) is 12.4. The smallest absolute Gasteiger partial charge is 0.305 e. The van der Waals surface area contributed by atoms with Crippen LogP contribution in [0.3, 0.4) is 0 Å². The van der Waals surface area contributed by atoms with Gasteiger partial charge >= 0.3 is 5.97 Å². The lowest BCUT2D eigenvalue weighted by Crippen LogP contribution is -2.34. The number of hydrogen-bond acceptors (Lipinski definition) is 5. The highest BCUT2D eigenvalue weighted by Gasteiger charge is 2.15. The highest BCUT2D eigenvalue weighted by molar-refractivity contribution is 6.01. The van der Waals surface area contributed by atoms with Gasteiger partial charge in [-0.15, -0.1) is 0 Å². The SMILES string of the molecule is CC(=O)N/C(=C/c1ccc2c(c1)OCO2)C(=O)NCCC(=O)O. The fraction of sp³-hybridized carbons (Fsp3) is 0.267. The van der Waals surface area contributed by atoms with Crippen LogP contribution in [0.5, 0.6) is 11.5 Å². The lowest BCUT2D eigenvalue weighted by Gasteiger charge is -2.09. The lowest BCUT2D eigenvalue weighted by molar-refractivity contribution is -0.137. The van der Waals surface area contributed by atoms with Crippen LogP contribution in [0.2, 0.25) is 0 Å². The van der Waals surface area contributed by atoms with E-state index in [4.69, 9.17) is 14.6 Å². The van der Waals surface area contributed by atoms with Crippen LogP contribution in [0.4, 0.5) is 0 Å². The molecule has 0 saturated carbocycles. The van der Waals surface area contributed by atoms with Crippen molar-refractivity contribution >= 4 is 23.9 Å². The normalized spacial score (nSPS) is 12.7. The molecule has 0 saturated heterocycles. The van der Waals surface area contributed by atoms with Crippen molar-refractivity contribution in [2.45, 2.75) is 13.3 Å². The molecule has 0 radical (unpaired) electrons. The maximum Gasteiger partial charge on any atom is 0.305 e. The van der Waals surface area contributed by atoms with E-state index >= 15 is 0 Å². The third kappa shape index (κ3) is 4.73. The molecule has 23 heavy (non-hydrogen) atoms. The number of hydrogen-bond donors (Lipinski definition) is 3. The summed E-state index contributed by atoms with van der Waals surface area (Å²) in [4.78, 5) is 33.8. The number of aliphatic carboxylic acids is 1. The van der Waals surface area contributed by atoms with Crippen LogP contribution in [-0.2, 0) is 14.4 Å². The second-order valence-corrected chi connectivity index (χ2v) is 4.75. The summed E-state index contributed by atoms with van der Waals surface area (Å²) in [7, 11) is 0.